The van der Waals surface area contributed by atoms with E-state index in [4.69, 9.17) is 19.8 Å². The van der Waals surface area contributed by atoms with Gasteiger partial charge < -0.3 is 20.4 Å². The van der Waals surface area contributed by atoms with E-state index >= 15 is 0 Å². The Morgan fingerprint density at radius 2 is 1.74 bits per heavy atom. The van der Waals surface area contributed by atoms with Crippen LogP contribution in [0, 0.1) is 6.92 Å². The van der Waals surface area contributed by atoms with Crippen molar-refractivity contribution in [2.45, 2.75) is 52.4 Å². The van der Waals surface area contributed by atoms with Crippen LogP contribution < -0.4 is 10.2 Å². The number of rotatable bonds is 2. The first kappa shape index (κ1) is 20.9. The molecule has 7 nitrogen and oxygen atoms in total. The van der Waals surface area contributed by atoms with E-state index in [1.807, 2.05) is 0 Å². The minimum absolute atomic E-state index is 0.299. The molecule has 2 heterocycles. The maximum atomic E-state index is 12.5. The number of aryl methyl sites for hydroxylation is 1. The first-order chi connectivity index (χ1) is 12.9. The van der Waals surface area contributed by atoms with Gasteiger partial charge in [-0.25, -0.2) is 9.59 Å². The van der Waals surface area contributed by atoms with Gasteiger partial charge in [0.1, 0.15) is 0 Å². The molecule has 27 heavy (non-hydrogen) atoms. The number of carboxylic acid groups (broad SMARTS) is 2. The summed E-state index contributed by atoms with van der Waals surface area (Å²) < 4.78 is 0. The molecule has 0 radical (unpaired) electrons. The van der Waals surface area contributed by atoms with Crippen molar-refractivity contribution in [3.05, 3.63) is 28.3 Å². The Morgan fingerprint density at radius 3 is 2.37 bits per heavy atom. The molecule has 7 heteroatoms. The van der Waals surface area contributed by atoms with E-state index in [1.54, 1.807) is 0 Å². The summed E-state index contributed by atoms with van der Waals surface area (Å²) in [5, 5.41) is 18.3. The highest BCUT2D eigenvalue weighted by atomic mass is 16.4. The van der Waals surface area contributed by atoms with Crippen LogP contribution in [-0.4, -0.2) is 47.7 Å². The number of hydrogen-bond donors (Lipinski definition) is 3. The van der Waals surface area contributed by atoms with Crippen LogP contribution in [0.25, 0.3) is 0 Å². The lowest BCUT2D eigenvalue weighted by molar-refractivity contribution is -0.159. The lowest BCUT2D eigenvalue weighted by Crippen LogP contribution is -2.36. The third kappa shape index (κ3) is 5.07. The Labute approximate surface area is 159 Å². The van der Waals surface area contributed by atoms with E-state index in [9.17, 15) is 4.79 Å². The maximum Gasteiger partial charge on any atom is 0.414 e. The fourth-order valence-corrected chi connectivity index (χ4v) is 3.83. The lowest BCUT2D eigenvalue weighted by Gasteiger charge is -2.33. The molecule has 2 aliphatic rings. The maximum absolute atomic E-state index is 12.5. The van der Waals surface area contributed by atoms with Gasteiger partial charge in [0.05, 0.1) is 0 Å². The molecule has 2 aliphatic heterocycles. The zero-order chi connectivity index (χ0) is 20.0. The van der Waals surface area contributed by atoms with Crippen molar-refractivity contribution in [3.63, 3.8) is 0 Å². The first-order valence-corrected chi connectivity index (χ1v) is 9.48. The number of aliphatic carboxylic acids is 2. The van der Waals surface area contributed by atoms with E-state index in [2.05, 4.69) is 30.1 Å². The van der Waals surface area contributed by atoms with Crippen molar-refractivity contribution in [1.82, 2.24) is 5.32 Å². The zero-order valence-corrected chi connectivity index (χ0v) is 16.0. The van der Waals surface area contributed by atoms with E-state index in [-0.39, 0.29) is 0 Å². The highest BCUT2D eigenvalue weighted by Crippen LogP contribution is 2.36. The van der Waals surface area contributed by atoms with Gasteiger partial charge >= 0.3 is 11.9 Å². The third-order valence-electron chi connectivity index (χ3n) is 5.02. The number of nitrogens with zero attached hydrogens (tertiary/aromatic N) is 1. The normalized spacial score (nSPS) is 15.6. The smallest absolute Gasteiger partial charge is 0.414 e. The van der Waals surface area contributed by atoms with Gasteiger partial charge in [-0.3, -0.25) is 4.79 Å². The number of benzene rings is 1. The van der Waals surface area contributed by atoms with E-state index in [1.165, 1.54) is 27.9 Å². The molecule has 0 bridgehead atoms. The number of amides is 1. The molecular weight excluding hydrogens is 348 g/mol. The largest absolute Gasteiger partial charge is 0.473 e. The number of carbonyl (C=O) groups is 3. The van der Waals surface area contributed by atoms with E-state index in [0.29, 0.717) is 12.3 Å². The predicted molar refractivity (Wildman–Crippen MR) is 102 cm³/mol. The molecule has 1 amide bonds. The number of fused-ring (bicyclic) bond motifs is 2. The monoisotopic (exact) mass is 376 g/mol. The third-order valence-corrected chi connectivity index (χ3v) is 5.02. The Morgan fingerprint density at radius 1 is 1.07 bits per heavy atom. The molecular formula is C20H28N2O5. The molecule has 1 aromatic rings. The van der Waals surface area contributed by atoms with Gasteiger partial charge in [0.2, 0.25) is 5.91 Å². The van der Waals surface area contributed by atoms with Gasteiger partial charge in [-0.2, -0.15) is 0 Å². The SMILES string of the molecule is CCCC(=O)N1CCCc2cc3c(c(C)c21)CCNCC3.O=C(O)C(=O)O. The molecule has 0 unspecified atom stereocenters. The average Bonchev–Trinajstić information content (AvgIpc) is 2.87. The van der Waals surface area contributed by atoms with Crippen molar-refractivity contribution in [3.8, 4) is 0 Å². The quantitative estimate of drug-likeness (QED) is 0.681. The van der Waals surface area contributed by atoms with Crippen LogP contribution >= 0.6 is 0 Å². The summed E-state index contributed by atoms with van der Waals surface area (Å²) in [5.41, 5.74) is 6.97. The van der Waals surface area contributed by atoms with Crippen molar-refractivity contribution < 1.29 is 24.6 Å². The standard InChI is InChI=1S/C18H26N2O.C2H2O4/c1-3-5-17(21)20-11-4-6-15-12-14-7-9-19-10-8-16(14)13(2)18(15)20;3-1(4)2(5)6/h12,19H,3-11H2,1-2H3;(H,3,4)(H,5,6). The predicted octanol–water partition coefficient (Wildman–Crippen LogP) is 1.92. The lowest BCUT2D eigenvalue weighted by atomic mass is 9.88. The van der Waals surface area contributed by atoms with Gasteiger partial charge in [0, 0.05) is 18.7 Å². The summed E-state index contributed by atoms with van der Waals surface area (Å²) in [6.45, 7) is 7.32. The number of anilines is 1. The van der Waals surface area contributed by atoms with E-state index in [0.717, 1.165) is 51.7 Å². The first-order valence-electron chi connectivity index (χ1n) is 9.48. The van der Waals surface area contributed by atoms with Gasteiger partial charge in [0.15, 0.2) is 0 Å². The minimum Gasteiger partial charge on any atom is -0.473 e. The van der Waals surface area contributed by atoms with Gasteiger partial charge in [-0.15, -0.1) is 0 Å². The second-order valence-electron chi connectivity index (χ2n) is 6.91. The summed E-state index contributed by atoms with van der Waals surface area (Å²) in [6.07, 6.45) is 6.01. The Kier molecular flexibility index (Phi) is 7.36. The molecule has 0 spiro atoms. The second kappa shape index (κ2) is 9.50. The van der Waals surface area contributed by atoms with Crippen molar-refractivity contribution in [2.24, 2.45) is 0 Å². The summed E-state index contributed by atoms with van der Waals surface area (Å²) in [4.78, 5) is 32.7. The summed E-state index contributed by atoms with van der Waals surface area (Å²) >= 11 is 0. The number of hydrogen-bond acceptors (Lipinski definition) is 4. The van der Waals surface area contributed by atoms with Crippen molar-refractivity contribution >= 4 is 23.5 Å². The summed E-state index contributed by atoms with van der Waals surface area (Å²) in [5.74, 6) is -3.35. The van der Waals surface area contributed by atoms with E-state index < -0.39 is 11.9 Å². The fraction of sp³-hybridized carbons (Fsp3) is 0.550. The van der Waals surface area contributed by atoms with Crippen LogP contribution in [0.1, 0.15) is 48.4 Å². The Balaban J connectivity index is 0.000000380. The molecule has 0 saturated heterocycles. The number of carboxylic acids is 2. The summed E-state index contributed by atoms with van der Waals surface area (Å²) in [6, 6.07) is 2.38. The molecule has 3 N–H and O–H groups in total. The molecule has 0 fully saturated rings. The van der Waals surface area contributed by atoms with Crippen molar-refractivity contribution in [2.75, 3.05) is 24.5 Å². The molecule has 148 valence electrons. The molecule has 0 saturated carbocycles. The topological polar surface area (TPSA) is 107 Å². The van der Waals surface area contributed by atoms with Crippen LogP contribution in [0.2, 0.25) is 0 Å². The average molecular weight is 376 g/mol. The van der Waals surface area contributed by atoms with Crippen LogP contribution in [0.15, 0.2) is 6.07 Å². The minimum atomic E-state index is -1.82. The van der Waals surface area contributed by atoms with Gasteiger partial charge in [-0.05, 0) is 74.4 Å². The number of carbonyl (C=O) groups excluding carboxylic acids is 1. The molecule has 0 aromatic heterocycles. The van der Waals surface area contributed by atoms with Crippen molar-refractivity contribution in [1.29, 1.82) is 0 Å². The van der Waals surface area contributed by atoms with Crippen LogP contribution in [0.5, 0.6) is 0 Å². The van der Waals surface area contributed by atoms with Crippen LogP contribution in [0.3, 0.4) is 0 Å². The second-order valence-corrected chi connectivity index (χ2v) is 6.91. The van der Waals surface area contributed by atoms with Gasteiger partial charge in [-0.1, -0.05) is 13.0 Å². The molecule has 0 atom stereocenters. The highest BCUT2D eigenvalue weighted by molar-refractivity contribution is 6.27. The highest BCUT2D eigenvalue weighted by Gasteiger charge is 2.26. The summed E-state index contributed by atoms with van der Waals surface area (Å²) in [7, 11) is 0. The number of nitrogens with one attached hydrogen (secondary N) is 1. The van der Waals surface area contributed by atoms with Crippen LogP contribution in [-0.2, 0) is 33.6 Å². The molecule has 0 aliphatic carbocycles. The molecule has 1 aromatic carbocycles. The Hall–Kier alpha value is -2.41. The van der Waals surface area contributed by atoms with Crippen LogP contribution in [0.4, 0.5) is 5.69 Å². The zero-order valence-electron chi connectivity index (χ0n) is 16.0. The van der Waals surface area contributed by atoms with Gasteiger partial charge in [0.25, 0.3) is 0 Å². The molecule has 3 rings (SSSR count). The Bertz CT molecular complexity index is 718. The fourth-order valence-electron chi connectivity index (χ4n) is 3.83.